The molecule has 0 aromatic heterocycles. The average Bonchev–Trinajstić information content (AvgIpc) is 2.61. The van der Waals surface area contributed by atoms with Crippen molar-refractivity contribution in [3.63, 3.8) is 0 Å². The normalized spacial score (nSPS) is 21.6. The number of nitro benzene ring substituents is 1. The van der Waals surface area contributed by atoms with Crippen molar-refractivity contribution in [1.82, 2.24) is 4.90 Å². The van der Waals surface area contributed by atoms with Gasteiger partial charge in [-0.1, -0.05) is 11.6 Å². The number of ether oxygens (including phenoxy) is 1. The molecule has 1 atom stereocenters. The van der Waals surface area contributed by atoms with Crippen molar-refractivity contribution in [3.8, 4) is 0 Å². The minimum atomic E-state index is -0.462. The van der Waals surface area contributed by atoms with Gasteiger partial charge in [-0.2, -0.15) is 0 Å². The standard InChI is InChI=1S/C16H20ClN3O4/c17-14-10-13(20(22)23)3-4-15(14)19-5-1-2-12(11-19)16(21)18-6-8-24-9-7-18/h3-4,10,12H,1-2,5-9,11H2/t12-/m0/s1. The van der Waals surface area contributed by atoms with Crippen LogP contribution in [0.2, 0.25) is 5.02 Å². The number of morpholine rings is 1. The Bertz CT molecular complexity index is 634. The fraction of sp³-hybridized carbons (Fsp3) is 0.562. The first-order valence-electron chi connectivity index (χ1n) is 8.11. The number of carbonyl (C=O) groups excluding carboxylic acids is 1. The monoisotopic (exact) mass is 353 g/mol. The van der Waals surface area contributed by atoms with E-state index in [9.17, 15) is 14.9 Å². The molecule has 2 saturated heterocycles. The van der Waals surface area contributed by atoms with E-state index >= 15 is 0 Å². The van der Waals surface area contributed by atoms with Gasteiger partial charge >= 0.3 is 0 Å². The maximum absolute atomic E-state index is 12.7. The van der Waals surface area contributed by atoms with Gasteiger partial charge in [0.2, 0.25) is 5.91 Å². The zero-order chi connectivity index (χ0) is 17.1. The van der Waals surface area contributed by atoms with E-state index in [4.69, 9.17) is 16.3 Å². The van der Waals surface area contributed by atoms with E-state index in [-0.39, 0.29) is 17.5 Å². The predicted octanol–water partition coefficient (Wildman–Crippen LogP) is 2.32. The van der Waals surface area contributed by atoms with Crippen molar-refractivity contribution in [3.05, 3.63) is 33.3 Å². The number of rotatable bonds is 3. The van der Waals surface area contributed by atoms with Crippen LogP contribution >= 0.6 is 11.6 Å². The number of carbonyl (C=O) groups is 1. The molecule has 0 radical (unpaired) electrons. The zero-order valence-corrected chi connectivity index (χ0v) is 14.1. The van der Waals surface area contributed by atoms with E-state index in [1.54, 1.807) is 6.07 Å². The number of nitrogens with zero attached hydrogens (tertiary/aromatic N) is 3. The summed E-state index contributed by atoms with van der Waals surface area (Å²) >= 11 is 6.22. The molecule has 2 aliphatic heterocycles. The van der Waals surface area contributed by atoms with Gasteiger partial charge in [0, 0.05) is 38.3 Å². The highest BCUT2D eigenvalue weighted by Crippen LogP contribution is 2.33. The van der Waals surface area contributed by atoms with E-state index < -0.39 is 4.92 Å². The van der Waals surface area contributed by atoms with Gasteiger partial charge in [0.1, 0.15) is 0 Å². The Morgan fingerprint density at radius 2 is 2.04 bits per heavy atom. The van der Waals surface area contributed by atoms with E-state index in [1.807, 2.05) is 4.90 Å². The molecule has 0 saturated carbocycles. The second kappa shape index (κ2) is 7.36. The summed E-state index contributed by atoms with van der Waals surface area (Å²) in [7, 11) is 0. The number of halogens is 1. The molecule has 0 aliphatic carbocycles. The Morgan fingerprint density at radius 3 is 2.71 bits per heavy atom. The number of amides is 1. The zero-order valence-electron chi connectivity index (χ0n) is 13.3. The van der Waals surface area contributed by atoms with Crippen molar-refractivity contribution in [1.29, 1.82) is 0 Å². The highest BCUT2D eigenvalue weighted by Gasteiger charge is 2.31. The van der Waals surface area contributed by atoms with Gasteiger partial charge in [0.15, 0.2) is 0 Å². The number of piperidine rings is 1. The second-order valence-electron chi connectivity index (χ2n) is 6.12. The third-order valence-electron chi connectivity index (χ3n) is 4.58. The summed E-state index contributed by atoms with van der Waals surface area (Å²) in [6.07, 6.45) is 1.76. The Kier molecular flexibility index (Phi) is 5.20. The van der Waals surface area contributed by atoms with E-state index in [0.29, 0.717) is 37.9 Å². The van der Waals surface area contributed by atoms with Crippen LogP contribution in [0, 0.1) is 16.0 Å². The number of non-ortho nitro benzene ring substituents is 1. The molecule has 0 unspecified atom stereocenters. The van der Waals surface area contributed by atoms with Crippen molar-refractivity contribution in [2.24, 2.45) is 5.92 Å². The van der Waals surface area contributed by atoms with Crippen molar-refractivity contribution in [2.45, 2.75) is 12.8 Å². The van der Waals surface area contributed by atoms with Gasteiger partial charge in [-0.15, -0.1) is 0 Å². The Morgan fingerprint density at radius 1 is 1.29 bits per heavy atom. The highest BCUT2D eigenvalue weighted by molar-refractivity contribution is 6.33. The molecule has 24 heavy (non-hydrogen) atoms. The first-order chi connectivity index (χ1) is 11.6. The Hall–Kier alpha value is -1.86. The summed E-state index contributed by atoms with van der Waals surface area (Å²) < 4.78 is 5.30. The molecule has 0 bridgehead atoms. The minimum absolute atomic E-state index is 0.0262. The van der Waals surface area contributed by atoms with Crippen LogP contribution in [0.5, 0.6) is 0 Å². The van der Waals surface area contributed by atoms with Crippen LogP contribution in [0.25, 0.3) is 0 Å². The molecule has 130 valence electrons. The van der Waals surface area contributed by atoms with E-state index in [0.717, 1.165) is 25.1 Å². The summed E-state index contributed by atoms with van der Waals surface area (Å²) in [4.78, 5) is 27.0. The van der Waals surface area contributed by atoms with Crippen LogP contribution in [-0.4, -0.2) is 55.1 Å². The molecule has 1 aromatic carbocycles. The molecule has 2 aliphatic rings. The molecule has 3 rings (SSSR count). The Balaban J connectivity index is 1.71. The van der Waals surface area contributed by atoms with Crippen molar-refractivity contribution >= 4 is 28.9 Å². The minimum Gasteiger partial charge on any atom is -0.378 e. The first kappa shape index (κ1) is 17.0. The van der Waals surface area contributed by atoms with Crippen LogP contribution in [0.1, 0.15) is 12.8 Å². The van der Waals surface area contributed by atoms with Crippen LogP contribution in [0.15, 0.2) is 18.2 Å². The summed E-state index contributed by atoms with van der Waals surface area (Å²) in [5.41, 5.74) is 0.725. The third-order valence-corrected chi connectivity index (χ3v) is 4.88. The number of hydrogen-bond donors (Lipinski definition) is 0. The van der Waals surface area contributed by atoms with Crippen LogP contribution in [0.4, 0.5) is 11.4 Å². The van der Waals surface area contributed by atoms with Crippen LogP contribution < -0.4 is 4.90 Å². The number of benzene rings is 1. The summed E-state index contributed by atoms with van der Waals surface area (Å²) in [5, 5.41) is 11.2. The lowest BCUT2D eigenvalue weighted by atomic mass is 9.95. The van der Waals surface area contributed by atoms with E-state index in [2.05, 4.69) is 4.90 Å². The van der Waals surface area contributed by atoms with Gasteiger partial charge in [0.05, 0.1) is 34.8 Å². The molecular formula is C16H20ClN3O4. The maximum Gasteiger partial charge on any atom is 0.271 e. The van der Waals surface area contributed by atoms with Gasteiger partial charge in [-0.05, 0) is 18.9 Å². The largest absolute Gasteiger partial charge is 0.378 e. The third kappa shape index (κ3) is 3.62. The second-order valence-corrected chi connectivity index (χ2v) is 6.52. The van der Waals surface area contributed by atoms with E-state index in [1.165, 1.54) is 12.1 Å². The number of hydrogen-bond acceptors (Lipinski definition) is 5. The fourth-order valence-electron chi connectivity index (χ4n) is 3.31. The molecule has 2 fully saturated rings. The lowest BCUT2D eigenvalue weighted by molar-refractivity contribution is -0.384. The molecule has 8 heteroatoms. The number of nitro groups is 1. The molecule has 1 aromatic rings. The smallest absolute Gasteiger partial charge is 0.271 e. The summed E-state index contributed by atoms with van der Waals surface area (Å²) in [6, 6.07) is 4.49. The first-order valence-corrected chi connectivity index (χ1v) is 8.49. The fourth-order valence-corrected chi connectivity index (χ4v) is 3.60. The summed E-state index contributed by atoms with van der Waals surface area (Å²) in [5.74, 6) is 0.101. The molecule has 2 heterocycles. The molecule has 0 N–H and O–H groups in total. The molecular weight excluding hydrogens is 334 g/mol. The van der Waals surface area contributed by atoms with Gasteiger partial charge in [0.25, 0.3) is 5.69 Å². The van der Waals surface area contributed by atoms with Gasteiger partial charge in [-0.25, -0.2) is 0 Å². The SMILES string of the molecule is O=C([C@H]1CCCN(c2ccc([N+](=O)[O-])cc2Cl)C1)N1CCOCC1. The molecule has 7 nitrogen and oxygen atoms in total. The molecule has 0 spiro atoms. The van der Waals surface area contributed by atoms with Crippen molar-refractivity contribution < 1.29 is 14.5 Å². The quantitative estimate of drug-likeness (QED) is 0.615. The van der Waals surface area contributed by atoms with Crippen LogP contribution in [-0.2, 0) is 9.53 Å². The topological polar surface area (TPSA) is 75.9 Å². The predicted molar refractivity (Wildman–Crippen MR) is 90.4 cm³/mol. The number of anilines is 1. The summed E-state index contributed by atoms with van der Waals surface area (Å²) in [6.45, 7) is 3.87. The lowest BCUT2D eigenvalue weighted by Gasteiger charge is -2.37. The Labute approximate surface area is 145 Å². The highest BCUT2D eigenvalue weighted by atomic mass is 35.5. The maximum atomic E-state index is 12.7. The van der Waals surface area contributed by atoms with Crippen LogP contribution in [0.3, 0.4) is 0 Å². The van der Waals surface area contributed by atoms with Crippen molar-refractivity contribution in [2.75, 3.05) is 44.3 Å². The average molecular weight is 354 g/mol. The lowest BCUT2D eigenvalue weighted by Crippen LogP contribution is -2.48. The van der Waals surface area contributed by atoms with Gasteiger partial charge < -0.3 is 14.5 Å². The molecule has 1 amide bonds. The van der Waals surface area contributed by atoms with Gasteiger partial charge in [-0.3, -0.25) is 14.9 Å².